The lowest BCUT2D eigenvalue weighted by molar-refractivity contribution is -0.121. The van der Waals surface area contributed by atoms with Crippen molar-refractivity contribution in [1.82, 2.24) is 15.6 Å². The van der Waals surface area contributed by atoms with Gasteiger partial charge in [-0.1, -0.05) is 79.3 Å². The van der Waals surface area contributed by atoms with E-state index in [2.05, 4.69) is 83.3 Å². The number of carbonyl (C=O) groups is 2. The van der Waals surface area contributed by atoms with Gasteiger partial charge in [0.15, 0.2) is 0 Å². The fraction of sp³-hybridized carbons (Fsp3) is 0.393. The van der Waals surface area contributed by atoms with E-state index in [4.69, 9.17) is 11.6 Å². The molecule has 1 aromatic heterocycles. The minimum absolute atomic E-state index is 0.0130. The topological polar surface area (TPSA) is 71.1 Å². The van der Waals surface area contributed by atoms with Gasteiger partial charge in [-0.15, -0.1) is 0 Å². The van der Waals surface area contributed by atoms with Crippen LogP contribution in [0.15, 0.2) is 79.1 Å². The summed E-state index contributed by atoms with van der Waals surface area (Å²) < 4.78 is 0. The molecule has 1 rings (SSSR count). The quantitative estimate of drug-likeness (QED) is 0.151. The molecule has 0 atom stereocenters. The van der Waals surface area contributed by atoms with Crippen molar-refractivity contribution in [2.75, 3.05) is 13.1 Å². The summed E-state index contributed by atoms with van der Waals surface area (Å²) in [6.45, 7) is 2.86. The maximum Gasteiger partial charge on any atom is 0.254 e. The lowest BCUT2D eigenvalue weighted by Gasteiger charge is -2.07. The van der Waals surface area contributed by atoms with Gasteiger partial charge in [0.2, 0.25) is 5.91 Å². The summed E-state index contributed by atoms with van der Waals surface area (Å²) in [6, 6.07) is 3.26. The van der Waals surface area contributed by atoms with Crippen LogP contribution in [-0.2, 0) is 4.79 Å². The van der Waals surface area contributed by atoms with Crippen LogP contribution in [0.1, 0.15) is 68.6 Å². The first-order chi connectivity index (χ1) is 16.6. The zero-order chi connectivity index (χ0) is 24.7. The Balaban J connectivity index is 1.98. The first kappa shape index (κ1) is 29.1. The molecule has 0 aliphatic rings. The Morgan fingerprint density at radius 3 is 2.00 bits per heavy atom. The van der Waals surface area contributed by atoms with Crippen molar-refractivity contribution in [2.24, 2.45) is 0 Å². The molecule has 1 heterocycles. The third kappa shape index (κ3) is 15.8. The first-order valence-electron chi connectivity index (χ1n) is 12.1. The summed E-state index contributed by atoms with van der Waals surface area (Å²) in [7, 11) is 0. The van der Waals surface area contributed by atoms with E-state index in [-0.39, 0.29) is 17.0 Å². The van der Waals surface area contributed by atoms with E-state index >= 15 is 0 Å². The minimum Gasteiger partial charge on any atom is -0.354 e. The van der Waals surface area contributed by atoms with E-state index < -0.39 is 0 Å². The molecule has 1 aromatic rings. The van der Waals surface area contributed by atoms with E-state index in [0.717, 1.165) is 44.9 Å². The molecule has 0 fully saturated rings. The average Bonchev–Trinajstić information content (AvgIpc) is 2.84. The highest BCUT2D eigenvalue weighted by Gasteiger charge is 2.09. The predicted molar refractivity (Wildman–Crippen MR) is 143 cm³/mol. The highest BCUT2D eigenvalue weighted by molar-refractivity contribution is 6.32. The number of halogens is 1. The summed E-state index contributed by atoms with van der Waals surface area (Å²) >= 11 is 5.89. The molecule has 0 aromatic carbocycles. The fourth-order valence-electron chi connectivity index (χ4n) is 2.87. The predicted octanol–water partition coefficient (Wildman–Crippen LogP) is 6.50. The van der Waals surface area contributed by atoms with Crippen LogP contribution in [0.25, 0.3) is 0 Å². The molecule has 0 saturated carbocycles. The second-order valence-electron chi connectivity index (χ2n) is 7.55. The number of hydrogen-bond acceptors (Lipinski definition) is 3. The molecule has 0 saturated heterocycles. The molecule has 2 N–H and O–H groups in total. The molecule has 6 heteroatoms. The molecule has 0 aliphatic heterocycles. The number of unbranched alkanes of at least 4 members (excludes halogenated alkanes) is 1. The van der Waals surface area contributed by atoms with Crippen LogP contribution in [0.4, 0.5) is 0 Å². The van der Waals surface area contributed by atoms with Gasteiger partial charge in [0, 0.05) is 25.7 Å². The van der Waals surface area contributed by atoms with Crippen LogP contribution < -0.4 is 10.6 Å². The fourth-order valence-corrected chi connectivity index (χ4v) is 3.07. The van der Waals surface area contributed by atoms with Crippen molar-refractivity contribution < 1.29 is 9.59 Å². The zero-order valence-corrected chi connectivity index (χ0v) is 21.0. The lowest BCUT2D eigenvalue weighted by Crippen LogP contribution is -2.34. The largest absolute Gasteiger partial charge is 0.354 e. The Labute approximate surface area is 209 Å². The summed E-state index contributed by atoms with van der Waals surface area (Å²) in [4.78, 5) is 27.7. The van der Waals surface area contributed by atoms with Crippen molar-refractivity contribution >= 4 is 23.4 Å². The third-order valence-electron chi connectivity index (χ3n) is 4.67. The van der Waals surface area contributed by atoms with Crippen LogP contribution >= 0.6 is 11.6 Å². The lowest BCUT2D eigenvalue weighted by atomic mass is 10.2. The molecular weight excluding hydrogens is 446 g/mol. The molecule has 0 spiro atoms. The number of aromatic nitrogens is 1. The summed E-state index contributed by atoms with van der Waals surface area (Å²) in [5.74, 6) is -0.313. The molecule has 2 amide bonds. The summed E-state index contributed by atoms with van der Waals surface area (Å²) in [6.07, 6.45) is 30.3. The van der Waals surface area contributed by atoms with E-state index in [1.54, 1.807) is 12.1 Å². The smallest absolute Gasteiger partial charge is 0.254 e. The monoisotopic (exact) mass is 483 g/mol. The van der Waals surface area contributed by atoms with Crippen LogP contribution in [0.3, 0.4) is 0 Å². The highest BCUT2D eigenvalue weighted by atomic mass is 35.5. The van der Waals surface area contributed by atoms with Gasteiger partial charge in [-0.2, -0.15) is 0 Å². The van der Waals surface area contributed by atoms with Gasteiger partial charge < -0.3 is 10.6 Å². The van der Waals surface area contributed by atoms with Gasteiger partial charge >= 0.3 is 0 Å². The SMILES string of the molecule is CC/C=C\C/C=C\C/C=C\C/C=C\C/C=C\CCCC(=O)NCCNC(=O)c1cccnc1Cl. The van der Waals surface area contributed by atoms with Crippen molar-refractivity contribution in [3.8, 4) is 0 Å². The number of rotatable bonds is 17. The number of carbonyl (C=O) groups excluding carboxylic acids is 2. The maximum atomic E-state index is 12.0. The molecule has 0 unspecified atom stereocenters. The van der Waals surface area contributed by atoms with E-state index in [0.29, 0.717) is 25.1 Å². The molecular formula is C28H38ClN3O2. The Kier molecular flexibility index (Phi) is 17.7. The Morgan fingerprint density at radius 1 is 0.853 bits per heavy atom. The van der Waals surface area contributed by atoms with Crippen molar-refractivity contribution in [3.05, 3.63) is 89.8 Å². The number of allylic oxidation sites excluding steroid dienone is 10. The number of pyridine rings is 1. The van der Waals surface area contributed by atoms with Gasteiger partial charge in [0.25, 0.3) is 5.91 Å². The van der Waals surface area contributed by atoms with Crippen molar-refractivity contribution in [2.45, 2.75) is 58.3 Å². The number of amides is 2. The highest BCUT2D eigenvalue weighted by Crippen LogP contribution is 2.10. The summed E-state index contributed by atoms with van der Waals surface area (Å²) in [5, 5.41) is 5.69. The van der Waals surface area contributed by atoms with Crippen LogP contribution in [0.5, 0.6) is 0 Å². The van der Waals surface area contributed by atoms with Gasteiger partial charge in [0.1, 0.15) is 5.15 Å². The molecule has 0 bridgehead atoms. The zero-order valence-electron chi connectivity index (χ0n) is 20.2. The minimum atomic E-state index is -0.300. The second-order valence-corrected chi connectivity index (χ2v) is 7.91. The number of nitrogens with one attached hydrogen (secondary N) is 2. The van der Waals surface area contributed by atoms with Gasteiger partial charge in [-0.25, -0.2) is 4.98 Å². The van der Waals surface area contributed by atoms with Gasteiger partial charge in [-0.3, -0.25) is 9.59 Å². The average molecular weight is 484 g/mol. The molecule has 5 nitrogen and oxygen atoms in total. The maximum absolute atomic E-state index is 12.0. The number of nitrogens with zero attached hydrogens (tertiary/aromatic N) is 1. The number of hydrogen-bond donors (Lipinski definition) is 2. The van der Waals surface area contributed by atoms with E-state index in [1.165, 1.54) is 6.20 Å². The van der Waals surface area contributed by atoms with Crippen LogP contribution in [0.2, 0.25) is 5.15 Å². The first-order valence-corrected chi connectivity index (χ1v) is 12.4. The molecule has 0 radical (unpaired) electrons. The van der Waals surface area contributed by atoms with Crippen LogP contribution in [0, 0.1) is 0 Å². The standard InChI is InChI=1S/C28H38ClN3O2/c1-2-3-4-5-6-7-8-9-10-11-12-13-14-15-16-17-18-21-26(33)30-23-24-32-28(34)25-20-19-22-31-27(25)29/h3-4,6-7,9-10,12-13,15-16,19-20,22H,2,5,8,11,14,17-18,21,23-24H2,1H3,(H,30,33)(H,32,34)/b4-3-,7-6-,10-9-,13-12-,16-15-. The van der Waals surface area contributed by atoms with Crippen molar-refractivity contribution in [1.29, 1.82) is 0 Å². The summed E-state index contributed by atoms with van der Waals surface area (Å²) in [5.41, 5.74) is 0.326. The van der Waals surface area contributed by atoms with E-state index in [1.807, 2.05) is 0 Å². The third-order valence-corrected chi connectivity index (χ3v) is 4.97. The van der Waals surface area contributed by atoms with E-state index in [9.17, 15) is 9.59 Å². The Bertz CT molecular complexity index is 857. The normalized spacial score (nSPS) is 12.1. The molecule has 34 heavy (non-hydrogen) atoms. The molecule has 0 aliphatic carbocycles. The Morgan fingerprint density at radius 2 is 1.41 bits per heavy atom. The second kappa shape index (κ2) is 20.7. The van der Waals surface area contributed by atoms with Crippen LogP contribution in [-0.4, -0.2) is 29.9 Å². The van der Waals surface area contributed by atoms with Gasteiger partial charge in [0.05, 0.1) is 5.56 Å². The Hall–Kier alpha value is -2.92. The molecule has 184 valence electrons. The van der Waals surface area contributed by atoms with Crippen molar-refractivity contribution in [3.63, 3.8) is 0 Å². The van der Waals surface area contributed by atoms with Gasteiger partial charge in [-0.05, 0) is 57.1 Å².